The van der Waals surface area contributed by atoms with E-state index in [2.05, 4.69) is 12.2 Å². The molecule has 0 bridgehead atoms. The quantitative estimate of drug-likeness (QED) is 0.171. The van der Waals surface area contributed by atoms with Crippen molar-refractivity contribution in [1.82, 2.24) is 5.32 Å². The smallest absolute Gasteiger partial charge is 0.481 e. The van der Waals surface area contributed by atoms with Gasteiger partial charge in [-0.15, -0.1) is 0 Å². The number of hydrogen-bond acceptors (Lipinski definition) is 4. The Hall–Kier alpha value is -1.80. The number of alkyl halides is 3. The van der Waals surface area contributed by atoms with Crippen molar-refractivity contribution >= 4 is 17.8 Å². The SMILES string of the molecule is CCCCCCCCC(CCCCCCCCC(=O)NCCC(=O)O)OC(=O)C(F)(F)F. The molecule has 1 atom stereocenters. The maximum Gasteiger partial charge on any atom is 0.490 e. The van der Waals surface area contributed by atoms with Gasteiger partial charge < -0.3 is 15.2 Å². The molecule has 1 amide bonds. The van der Waals surface area contributed by atoms with Crippen LogP contribution in [-0.2, 0) is 19.1 Å². The highest BCUT2D eigenvalue weighted by Crippen LogP contribution is 2.22. The summed E-state index contributed by atoms with van der Waals surface area (Å²) in [5, 5.41) is 11.1. The monoisotopic (exact) mass is 467 g/mol. The van der Waals surface area contributed by atoms with Gasteiger partial charge in [-0.3, -0.25) is 9.59 Å². The molecule has 0 aromatic heterocycles. The van der Waals surface area contributed by atoms with Crippen LogP contribution in [0.15, 0.2) is 0 Å². The maximum absolute atomic E-state index is 12.5. The lowest BCUT2D eigenvalue weighted by molar-refractivity contribution is -0.205. The molecular weight excluding hydrogens is 427 g/mol. The van der Waals surface area contributed by atoms with Crippen LogP contribution in [0.5, 0.6) is 0 Å². The highest BCUT2D eigenvalue weighted by atomic mass is 19.4. The molecule has 0 saturated heterocycles. The second-order valence-electron chi connectivity index (χ2n) is 8.24. The van der Waals surface area contributed by atoms with Gasteiger partial charge in [0.1, 0.15) is 6.10 Å². The number of esters is 1. The maximum atomic E-state index is 12.5. The molecule has 188 valence electrons. The molecule has 6 nitrogen and oxygen atoms in total. The third kappa shape index (κ3) is 18.9. The van der Waals surface area contributed by atoms with Crippen LogP contribution in [0.1, 0.15) is 110 Å². The Morgan fingerprint density at radius 1 is 0.812 bits per heavy atom. The lowest BCUT2D eigenvalue weighted by Crippen LogP contribution is -2.30. The van der Waals surface area contributed by atoms with Crippen molar-refractivity contribution in [3.05, 3.63) is 0 Å². The number of halogens is 3. The van der Waals surface area contributed by atoms with E-state index in [4.69, 9.17) is 9.84 Å². The molecule has 0 rings (SSSR count). The average molecular weight is 468 g/mol. The summed E-state index contributed by atoms with van der Waals surface area (Å²) in [6.07, 6.45) is 6.56. The molecule has 0 aliphatic carbocycles. The molecule has 0 radical (unpaired) electrons. The van der Waals surface area contributed by atoms with Crippen molar-refractivity contribution < 1.29 is 37.4 Å². The van der Waals surface area contributed by atoms with Crippen molar-refractivity contribution in [1.29, 1.82) is 0 Å². The summed E-state index contributed by atoms with van der Waals surface area (Å²) in [6, 6.07) is 0. The third-order valence-corrected chi connectivity index (χ3v) is 5.23. The van der Waals surface area contributed by atoms with E-state index in [1.807, 2.05) is 0 Å². The number of ether oxygens (including phenoxy) is 1. The van der Waals surface area contributed by atoms with Gasteiger partial charge in [-0.25, -0.2) is 4.79 Å². The third-order valence-electron chi connectivity index (χ3n) is 5.23. The average Bonchev–Trinajstić information content (AvgIpc) is 2.71. The van der Waals surface area contributed by atoms with E-state index in [0.717, 1.165) is 64.2 Å². The van der Waals surface area contributed by atoms with Gasteiger partial charge in [-0.1, -0.05) is 64.7 Å². The van der Waals surface area contributed by atoms with Gasteiger partial charge in [0.25, 0.3) is 0 Å². The van der Waals surface area contributed by atoms with Crippen molar-refractivity contribution in [3.8, 4) is 0 Å². The first kappa shape index (κ1) is 30.2. The molecule has 9 heteroatoms. The molecule has 0 heterocycles. The zero-order chi connectivity index (χ0) is 24.2. The minimum Gasteiger partial charge on any atom is -0.481 e. The van der Waals surface area contributed by atoms with Crippen LogP contribution in [0.4, 0.5) is 13.2 Å². The molecule has 1 unspecified atom stereocenters. The molecular formula is C23H40F3NO5. The predicted molar refractivity (Wildman–Crippen MR) is 116 cm³/mol. The highest BCUT2D eigenvalue weighted by Gasteiger charge is 2.42. The van der Waals surface area contributed by atoms with Crippen LogP contribution in [0.2, 0.25) is 0 Å². The summed E-state index contributed by atoms with van der Waals surface area (Å²) in [6.45, 7) is 2.25. The Labute approximate surface area is 189 Å². The first-order valence-corrected chi connectivity index (χ1v) is 11.9. The fourth-order valence-corrected chi connectivity index (χ4v) is 3.39. The van der Waals surface area contributed by atoms with Gasteiger partial charge in [0.05, 0.1) is 6.42 Å². The van der Waals surface area contributed by atoms with E-state index in [9.17, 15) is 27.6 Å². The number of carbonyl (C=O) groups is 3. The Balaban J connectivity index is 3.97. The predicted octanol–water partition coefficient (Wildman–Crippen LogP) is 5.92. The van der Waals surface area contributed by atoms with Crippen LogP contribution in [0, 0.1) is 0 Å². The van der Waals surface area contributed by atoms with Crippen LogP contribution in [-0.4, -0.2) is 41.8 Å². The Bertz CT molecular complexity index is 526. The second kappa shape index (κ2) is 18.7. The summed E-state index contributed by atoms with van der Waals surface area (Å²) in [5.41, 5.74) is 0. The summed E-state index contributed by atoms with van der Waals surface area (Å²) < 4.78 is 42.3. The number of amides is 1. The van der Waals surface area contributed by atoms with E-state index in [1.54, 1.807) is 0 Å². The number of carboxylic acids is 1. The fraction of sp³-hybridized carbons (Fsp3) is 0.870. The van der Waals surface area contributed by atoms with E-state index < -0.39 is 24.2 Å². The summed E-state index contributed by atoms with van der Waals surface area (Å²) in [4.78, 5) is 33.1. The Morgan fingerprint density at radius 3 is 1.81 bits per heavy atom. The molecule has 0 aliphatic heterocycles. The zero-order valence-electron chi connectivity index (χ0n) is 19.3. The van der Waals surface area contributed by atoms with Gasteiger partial charge in [0, 0.05) is 13.0 Å². The zero-order valence-corrected chi connectivity index (χ0v) is 19.3. The molecule has 0 aliphatic rings. The van der Waals surface area contributed by atoms with Gasteiger partial charge in [-0.05, 0) is 32.1 Å². The summed E-state index contributed by atoms with van der Waals surface area (Å²) in [5.74, 6) is -3.21. The number of aliphatic carboxylic acids is 1. The van der Waals surface area contributed by atoms with Crippen LogP contribution in [0.3, 0.4) is 0 Å². The number of carbonyl (C=O) groups excluding carboxylic acids is 2. The van der Waals surface area contributed by atoms with Crippen LogP contribution in [0.25, 0.3) is 0 Å². The number of carboxylic acid groups (broad SMARTS) is 1. The molecule has 0 spiro atoms. The number of unbranched alkanes of at least 4 members (excludes halogenated alkanes) is 10. The Kier molecular flexibility index (Phi) is 17.7. The van der Waals surface area contributed by atoms with Crippen molar-refractivity contribution in [2.45, 2.75) is 122 Å². The normalized spacial score (nSPS) is 12.4. The van der Waals surface area contributed by atoms with E-state index in [0.29, 0.717) is 32.1 Å². The fourth-order valence-electron chi connectivity index (χ4n) is 3.39. The van der Waals surface area contributed by atoms with Crippen molar-refractivity contribution in [2.75, 3.05) is 6.54 Å². The summed E-state index contributed by atoms with van der Waals surface area (Å²) >= 11 is 0. The van der Waals surface area contributed by atoms with E-state index in [1.165, 1.54) is 0 Å². The molecule has 0 saturated carbocycles. The minimum absolute atomic E-state index is 0.0934. The standard InChI is InChI=1S/C23H40F3NO5/c1-2-3-4-5-8-11-14-19(32-22(31)23(24,25)26)15-12-9-6-7-10-13-16-20(28)27-18-17-21(29)30/h19H,2-18H2,1H3,(H,27,28)(H,29,30). The number of hydrogen-bond donors (Lipinski definition) is 2. The minimum atomic E-state index is -4.96. The number of nitrogens with one attached hydrogen (secondary N) is 1. The topological polar surface area (TPSA) is 92.7 Å². The molecule has 0 aromatic carbocycles. The summed E-state index contributed by atoms with van der Waals surface area (Å²) in [7, 11) is 0. The van der Waals surface area contributed by atoms with Crippen LogP contribution < -0.4 is 5.32 Å². The van der Waals surface area contributed by atoms with E-state index in [-0.39, 0.29) is 18.9 Å². The van der Waals surface area contributed by atoms with Gasteiger partial charge in [-0.2, -0.15) is 13.2 Å². The lowest BCUT2D eigenvalue weighted by Gasteiger charge is -2.19. The highest BCUT2D eigenvalue weighted by molar-refractivity contribution is 5.76. The van der Waals surface area contributed by atoms with Gasteiger partial charge >= 0.3 is 18.1 Å². The van der Waals surface area contributed by atoms with Gasteiger partial charge in [0.15, 0.2) is 0 Å². The molecule has 2 N–H and O–H groups in total. The van der Waals surface area contributed by atoms with Gasteiger partial charge in [0.2, 0.25) is 5.91 Å². The number of rotatable bonds is 20. The first-order valence-electron chi connectivity index (χ1n) is 11.9. The second-order valence-corrected chi connectivity index (χ2v) is 8.24. The van der Waals surface area contributed by atoms with Crippen molar-refractivity contribution in [2.24, 2.45) is 0 Å². The molecule has 32 heavy (non-hydrogen) atoms. The molecule has 0 fully saturated rings. The Morgan fingerprint density at radius 2 is 1.31 bits per heavy atom. The largest absolute Gasteiger partial charge is 0.490 e. The van der Waals surface area contributed by atoms with Crippen molar-refractivity contribution in [3.63, 3.8) is 0 Å². The first-order chi connectivity index (χ1) is 15.2. The lowest BCUT2D eigenvalue weighted by atomic mass is 10.0. The molecule has 0 aromatic rings. The van der Waals surface area contributed by atoms with E-state index >= 15 is 0 Å². The van der Waals surface area contributed by atoms with Crippen LogP contribution >= 0.6 is 0 Å².